The molecule has 0 unspecified atom stereocenters. The van der Waals surface area contributed by atoms with Gasteiger partial charge < -0.3 is 14.7 Å². The Labute approximate surface area is 150 Å². The van der Waals surface area contributed by atoms with E-state index in [0.29, 0.717) is 57.1 Å². The number of aromatic nitrogens is 2. The molecular formula is C18H29N5O2. The lowest BCUT2D eigenvalue weighted by Crippen LogP contribution is -2.54. The number of hydrogen-bond acceptors (Lipinski definition) is 5. The zero-order valence-corrected chi connectivity index (χ0v) is 15.7. The normalized spacial score (nSPS) is 15.0. The second kappa shape index (κ2) is 8.78. The van der Waals surface area contributed by atoms with E-state index >= 15 is 0 Å². The summed E-state index contributed by atoms with van der Waals surface area (Å²) in [6, 6.07) is 1.78. The van der Waals surface area contributed by atoms with Crippen LogP contribution in [0.4, 0.5) is 5.95 Å². The predicted octanol–water partition coefficient (Wildman–Crippen LogP) is 1.27. The molecule has 7 heteroatoms. The molecule has 1 fully saturated rings. The first-order valence-electron chi connectivity index (χ1n) is 8.98. The van der Waals surface area contributed by atoms with Crippen molar-refractivity contribution in [1.82, 2.24) is 19.8 Å². The van der Waals surface area contributed by atoms with Crippen LogP contribution in [-0.2, 0) is 9.59 Å². The SMILES string of the molecule is CC(C)CN(CC(C)C)C(=O)C(=O)N1CCN(c2ncccn2)CC1. The van der Waals surface area contributed by atoms with Crippen LogP contribution < -0.4 is 4.90 Å². The summed E-state index contributed by atoms with van der Waals surface area (Å²) in [5.74, 6) is 0.564. The van der Waals surface area contributed by atoms with Crippen molar-refractivity contribution in [3.63, 3.8) is 0 Å². The Morgan fingerprint density at radius 3 is 2.00 bits per heavy atom. The number of carbonyl (C=O) groups excluding carboxylic acids is 2. The zero-order valence-electron chi connectivity index (χ0n) is 15.7. The summed E-state index contributed by atoms with van der Waals surface area (Å²) in [7, 11) is 0. The summed E-state index contributed by atoms with van der Waals surface area (Å²) < 4.78 is 0. The first kappa shape index (κ1) is 19.1. The Balaban J connectivity index is 1.94. The predicted molar refractivity (Wildman–Crippen MR) is 97.1 cm³/mol. The first-order valence-corrected chi connectivity index (χ1v) is 8.98. The smallest absolute Gasteiger partial charge is 0.312 e. The standard InChI is InChI=1S/C18H29N5O2/c1-14(2)12-23(13-15(3)4)17(25)16(24)21-8-10-22(11-9-21)18-19-6-5-7-20-18/h5-7,14-15H,8-13H2,1-4H3. The number of carbonyl (C=O) groups is 2. The van der Waals surface area contributed by atoms with Crippen molar-refractivity contribution in [3.8, 4) is 0 Å². The third kappa shape index (κ3) is 5.41. The van der Waals surface area contributed by atoms with E-state index in [2.05, 4.69) is 37.7 Å². The number of piperazine rings is 1. The molecule has 2 rings (SSSR count). The van der Waals surface area contributed by atoms with Crippen molar-refractivity contribution in [3.05, 3.63) is 18.5 Å². The van der Waals surface area contributed by atoms with E-state index in [1.807, 2.05) is 4.90 Å². The van der Waals surface area contributed by atoms with Crippen molar-refractivity contribution in [1.29, 1.82) is 0 Å². The Bertz CT molecular complexity index is 558. The van der Waals surface area contributed by atoms with Crippen molar-refractivity contribution in [2.24, 2.45) is 11.8 Å². The molecule has 0 aromatic carbocycles. The van der Waals surface area contributed by atoms with E-state index in [1.54, 1.807) is 28.3 Å². The average Bonchev–Trinajstić information content (AvgIpc) is 2.60. The molecule has 0 atom stereocenters. The molecule has 0 aliphatic carbocycles. The fourth-order valence-corrected chi connectivity index (χ4v) is 2.96. The lowest BCUT2D eigenvalue weighted by atomic mass is 10.1. The van der Waals surface area contributed by atoms with E-state index in [4.69, 9.17) is 0 Å². The molecule has 0 N–H and O–H groups in total. The van der Waals surface area contributed by atoms with Crippen LogP contribution in [0.3, 0.4) is 0 Å². The Morgan fingerprint density at radius 2 is 1.52 bits per heavy atom. The highest BCUT2D eigenvalue weighted by Gasteiger charge is 2.30. The summed E-state index contributed by atoms with van der Waals surface area (Å²) in [6.45, 7) is 11.8. The minimum absolute atomic E-state index is 0.336. The van der Waals surface area contributed by atoms with Gasteiger partial charge in [0.2, 0.25) is 5.95 Å². The van der Waals surface area contributed by atoms with Gasteiger partial charge in [-0.25, -0.2) is 9.97 Å². The van der Waals surface area contributed by atoms with Gasteiger partial charge in [-0.15, -0.1) is 0 Å². The molecule has 138 valence electrons. The molecule has 0 bridgehead atoms. The fourth-order valence-electron chi connectivity index (χ4n) is 2.96. The zero-order chi connectivity index (χ0) is 18.4. The highest BCUT2D eigenvalue weighted by atomic mass is 16.2. The van der Waals surface area contributed by atoms with Crippen LogP contribution in [0.2, 0.25) is 0 Å². The minimum Gasteiger partial charge on any atom is -0.337 e. The third-order valence-corrected chi connectivity index (χ3v) is 4.04. The van der Waals surface area contributed by atoms with Gasteiger partial charge in [-0.05, 0) is 17.9 Å². The molecule has 1 aromatic heterocycles. The summed E-state index contributed by atoms with van der Waals surface area (Å²) in [6.07, 6.45) is 3.41. The van der Waals surface area contributed by atoms with Gasteiger partial charge in [0.05, 0.1) is 0 Å². The Morgan fingerprint density at radius 1 is 1.00 bits per heavy atom. The number of nitrogens with zero attached hydrogens (tertiary/aromatic N) is 5. The van der Waals surface area contributed by atoms with Crippen LogP contribution in [0.5, 0.6) is 0 Å². The highest BCUT2D eigenvalue weighted by molar-refractivity contribution is 6.34. The number of rotatable bonds is 5. The maximum absolute atomic E-state index is 12.7. The summed E-state index contributed by atoms with van der Waals surface area (Å²) in [4.78, 5) is 39.1. The first-order chi connectivity index (χ1) is 11.9. The molecule has 1 aromatic rings. The quantitative estimate of drug-likeness (QED) is 0.750. The van der Waals surface area contributed by atoms with Gasteiger partial charge in [0.1, 0.15) is 0 Å². The number of anilines is 1. The molecule has 25 heavy (non-hydrogen) atoms. The molecule has 7 nitrogen and oxygen atoms in total. The molecule has 2 heterocycles. The number of amides is 2. The second-order valence-electron chi connectivity index (χ2n) is 7.33. The van der Waals surface area contributed by atoms with Gasteiger partial charge in [0.15, 0.2) is 0 Å². The van der Waals surface area contributed by atoms with E-state index in [-0.39, 0.29) is 5.91 Å². The van der Waals surface area contributed by atoms with Crippen LogP contribution in [0.1, 0.15) is 27.7 Å². The minimum atomic E-state index is -0.394. The van der Waals surface area contributed by atoms with Crippen LogP contribution in [-0.4, -0.2) is 70.9 Å². The molecule has 1 aliphatic rings. The van der Waals surface area contributed by atoms with Gasteiger partial charge in [0.25, 0.3) is 0 Å². The monoisotopic (exact) mass is 347 g/mol. The summed E-state index contributed by atoms with van der Waals surface area (Å²) >= 11 is 0. The van der Waals surface area contributed by atoms with Gasteiger partial charge in [-0.1, -0.05) is 27.7 Å². The molecular weight excluding hydrogens is 318 g/mol. The van der Waals surface area contributed by atoms with E-state index < -0.39 is 5.91 Å². The van der Waals surface area contributed by atoms with Crippen molar-refractivity contribution < 1.29 is 9.59 Å². The topological polar surface area (TPSA) is 69.6 Å². The third-order valence-electron chi connectivity index (χ3n) is 4.04. The van der Waals surface area contributed by atoms with Crippen molar-refractivity contribution in [2.45, 2.75) is 27.7 Å². The van der Waals surface area contributed by atoms with E-state index in [0.717, 1.165) is 0 Å². The molecule has 0 saturated carbocycles. The van der Waals surface area contributed by atoms with Crippen molar-refractivity contribution >= 4 is 17.8 Å². The van der Waals surface area contributed by atoms with Crippen LogP contribution >= 0.6 is 0 Å². The Kier molecular flexibility index (Phi) is 6.73. The lowest BCUT2D eigenvalue weighted by molar-refractivity contribution is -0.152. The van der Waals surface area contributed by atoms with E-state index in [1.165, 1.54) is 0 Å². The van der Waals surface area contributed by atoms with Gasteiger partial charge >= 0.3 is 11.8 Å². The summed E-state index contributed by atoms with van der Waals surface area (Å²) in [5.41, 5.74) is 0. The molecule has 1 saturated heterocycles. The largest absolute Gasteiger partial charge is 0.337 e. The molecule has 2 amide bonds. The average molecular weight is 347 g/mol. The van der Waals surface area contributed by atoms with Gasteiger partial charge in [0, 0.05) is 51.7 Å². The molecule has 1 aliphatic heterocycles. The Hall–Kier alpha value is -2.18. The summed E-state index contributed by atoms with van der Waals surface area (Å²) in [5, 5.41) is 0. The maximum Gasteiger partial charge on any atom is 0.312 e. The van der Waals surface area contributed by atoms with Crippen LogP contribution in [0, 0.1) is 11.8 Å². The van der Waals surface area contributed by atoms with Crippen LogP contribution in [0.15, 0.2) is 18.5 Å². The second-order valence-corrected chi connectivity index (χ2v) is 7.33. The van der Waals surface area contributed by atoms with Gasteiger partial charge in [-0.2, -0.15) is 0 Å². The molecule has 0 radical (unpaired) electrons. The van der Waals surface area contributed by atoms with Crippen LogP contribution in [0.25, 0.3) is 0 Å². The maximum atomic E-state index is 12.7. The highest BCUT2D eigenvalue weighted by Crippen LogP contribution is 2.11. The fraction of sp³-hybridized carbons (Fsp3) is 0.667. The lowest BCUT2D eigenvalue weighted by Gasteiger charge is -2.35. The number of hydrogen-bond donors (Lipinski definition) is 0. The molecule has 0 spiro atoms. The van der Waals surface area contributed by atoms with Crippen molar-refractivity contribution in [2.75, 3.05) is 44.2 Å². The van der Waals surface area contributed by atoms with E-state index in [9.17, 15) is 9.59 Å². The van der Waals surface area contributed by atoms with Gasteiger partial charge in [-0.3, -0.25) is 9.59 Å².